The predicted molar refractivity (Wildman–Crippen MR) is 111 cm³/mol. The Morgan fingerprint density at radius 3 is 2.14 bits per heavy atom. The number of esters is 2. The zero-order chi connectivity index (χ0) is 21.8. The summed E-state index contributed by atoms with van der Waals surface area (Å²) in [5.74, 6) is -2.07. The molecule has 0 saturated heterocycles. The third kappa shape index (κ3) is 13.7. The van der Waals surface area contributed by atoms with Crippen molar-refractivity contribution in [2.45, 2.75) is 50.9 Å². The van der Waals surface area contributed by atoms with Crippen LogP contribution in [0.4, 0.5) is 0 Å². The van der Waals surface area contributed by atoms with Crippen molar-refractivity contribution in [2.24, 2.45) is 5.73 Å². The molecule has 0 aliphatic rings. The topological polar surface area (TPSA) is 137 Å². The Labute approximate surface area is 174 Å². The summed E-state index contributed by atoms with van der Waals surface area (Å²) in [4.78, 5) is 46.2. The van der Waals surface area contributed by atoms with Crippen molar-refractivity contribution in [3.05, 3.63) is 0 Å². The first-order valence-corrected chi connectivity index (χ1v) is 11.3. The summed E-state index contributed by atoms with van der Waals surface area (Å²) in [6.45, 7) is 6.37. The predicted octanol–water partition coefficient (Wildman–Crippen LogP) is 0.613. The Balaban J connectivity index is 4.17. The Kier molecular flexibility index (Phi) is 12.2. The number of rotatable bonds is 13. The van der Waals surface area contributed by atoms with Gasteiger partial charge >= 0.3 is 11.9 Å². The molecule has 0 atom stereocenters. The fourth-order valence-electron chi connectivity index (χ4n) is 1.85. The number of nitrogens with two attached hydrogens (primary N) is 1. The summed E-state index contributed by atoms with van der Waals surface area (Å²) in [7, 11) is 3.34. The van der Waals surface area contributed by atoms with Crippen molar-refractivity contribution in [1.82, 2.24) is 10.6 Å². The quantitative estimate of drug-likeness (QED) is 0.279. The lowest BCUT2D eigenvalue weighted by Gasteiger charge is -2.25. The lowest BCUT2D eigenvalue weighted by Crippen LogP contribution is -2.43. The van der Waals surface area contributed by atoms with E-state index in [1.807, 2.05) is 6.26 Å². The highest BCUT2D eigenvalue weighted by Crippen LogP contribution is 2.37. The van der Waals surface area contributed by atoms with Gasteiger partial charge in [-0.25, -0.2) is 0 Å². The van der Waals surface area contributed by atoms with E-state index in [-0.39, 0.29) is 43.4 Å². The monoisotopic (exact) mass is 437 g/mol. The molecule has 0 bridgehead atoms. The number of carbonyl (C=O) groups is 4. The van der Waals surface area contributed by atoms with Gasteiger partial charge in [0.15, 0.2) is 0 Å². The standard InChI is InChI=1S/C17H31N3O6S2/c1-16(2,11-25-14(23)6-7-17(3,4)28-27-5)26-15(24)10-20-13(22)9-19-12(21)8-18/h6-11,18H2,1-5H3,(H,19,21)(H,20,22). The van der Waals surface area contributed by atoms with Crippen LogP contribution in [0.1, 0.15) is 40.5 Å². The van der Waals surface area contributed by atoms with Crippen molar-refractivity contribution in [1.29, 1.82) is 0 Å². The molecular formula is C17H31N3O6S2. The summed E-state index contributed by atoms with van der Waals surface area (Å²) < 4.78 is 10.4. The van der Waals surface area contributed by atoms with Crippen LogP contribution < -0.4 is 16.4 Å². The largest absolute Gasteiger partial charge is 0.461 e. The molecular weight excluding hydrogens is 406 g/mol. The van der Waals surface area contributed by atoms with Crippen molar-refractivity contribution in [3.8, 4) is 0 Å². The molecule has 0 aromatic carbocycles. The molecule has 0 spiro atoms. The Morgan fingerprint density at radius 2 is 1.57 bits per heavy atom. The van der Waals surface area contributed by atoms with E-state index in [1.54, 1.807) is 35.4 Å². The minimum atomic E-state index is -1.03. The molecule has 4 N–H and O–H groups in total. The van der Waals surface area contributed by atoms with E-state index in [4.69, 9.17) is 15.2 Å². The zero-order valence-corrected chi connectivity index (χ0v) is 18.7. The molecule has 9 nitrogen and oxygen atoms in total. The molecule has 0 aliphatic carbocycles. The van der Waals surface area contributed by atoms with Gasteiger partial charge in [0, 0.05) is 11.2 Å². The van der Waals surface area contributed by atoms with Gasteiger partial charge in [-0.1, -0.05) is 21.6 Å². The molecule has 0 saturated carbocycles. The van der Waals surface area contributed by atoms with Crippen molar-refractivity contribution in [3.63, 3.8) is 0 Å². The average Bonchev–Trinajstić information content (AvgIpc) is 2.60. The average molecular weight is 438 g/mol. The van der Waals surface area contributed by atoms with E-state index in [0.29, 0.717) is 6.42 Å². The maximum atomic E-state index is 11.9. The molecule has 0 aromatic heterocycles. The van der Waals surface area contributed by atoms with Gasteiger partial charge in [0.1, 0.15) is 18.8 Å². The fraction of sp³-hybridized carbons (Fsp3) is 0.765. The highest BCUT2D eigenvalue weighted by atomic mass is 33.1. The number of nitrogens with one attached hydrogen (secondary N) is 2. The van der Waals surface area contributed by atoms with Crippen LogP contribution in [0.5, 0.6) is 0 Å². The van der Waals surface area contributed by atoms with Gasteiger partial charge < -0.3 is 25.8 Å². The van der Waals surface area contributed by atoms with Crippen LogP contribution >= 0.6 is 21.6 Å². The van der Waals surface area contributed by atoms with Crippen LogP contribution in [0.3, 0.4) is 0 Å². The van der Waals surface area contributed by atoms with Gasteiger partial charge in [-0.15, -0.1) is 0 Å². The lowest BCUT2D eigenvalue weighted by molar-refractivity contribution is -0.168. The number of hydrogen-bond acceptors (Lipinski definition) is 9. The first-order valence-electron chi connectivity index (χ1n) is 8.73. The molecule has 162 valence electrons. The first-order chi connectivity index (χ1) is 12.9. The molecule has 0 aliphatic heterocycles. The highest BCUT2D eigenvalue weighted by molar-refractivity contribution is 8.76. The van der Waals surface area contributed by atoms with Crippen molar-refractivity contribution < 1.29 is 28.7 Å². The smallest absolute Gasteiger partial charge is 0.326 e. The second-order valence-electron chi connectivity index (χ2n) is 7.16. The SMILES string of the molecule is CSSC(C)(C)CCC(=O)OCC(C)(C)OC(=O)CNC(=O)CNC(=O)CN. The van der Waals surface area contributed by atoms with E-state index in [0.717, 1.165) is 0 Å². The molecule has 0 aromatic rings. The number of carbonyl (C=O) groups excluding carboxylic acids is 4. The third-order valence-corrected chi connectivity index (χ3v) is 5.95. The highest BCUT2D eigenvalue weighted by Gasteiger charge is 2.26. The molecule has 0 unspecified atom stereocenters. The summed E-state index contributed by atoms with van der Waals surface area (Å²) in [6, 6.07) is 0. The molecule has 0 radical (unpaired) electrons. The van der Waals surface area contributed by atoms with Gasteiger partial charge in [-0.05, 0) is 40.4 Å². The van der Waals surface area contributed by atoms with Gasteiger partial charge in [0.05, 0.1) is 13.1 Å². The summed E-state index contributed by atoms with van der Waals surface area (Å²) in [5.41, 5.74) is 4.06. The van der Waals surface area contributed by atoms with Crippen LogP contribution in [-0.2, 0) is 28.7 Å². The summed E-state index contributed by atoms with van der Waals surface area (Å²) >= 11 is 0. The number of hydrogen-bond donors (Lipinski definition) is 3. The molecule has 0 heterocycles. The van der Waals surface area contributed by atoms with Crippen molar-refractivity contribution >= 4 is 45.3 Å². The van der Waals surface area contributed by atoms with Gasteiger partial charge in [0.2, 0.25) is 11.8 Å². The van der Waals surface area contributed by atoms with E-state index in [2.05, 4.69) is 24.5 Å². The normalized spacial score (nSPS) is 11.5. The van der Waals surface area contributed by atoms with E-state index >= 15 is 0 Å². The molecule has 11 heteroatoms. The summed E-state index contributed by atoms with van der Waals surface area (Å²) in [5, 5.41) is 4.60. The minimum absolute atomic E-state index is 0.0394. The Hall–Kier alpha value is -1.46. The van der Waals surface area contributed by atoms with Crippen LogP contribution in [-0.4, -0.2) is 66.6 Å². The molecule has 28 heavy (non-hydrogen) atoms. The van der Waals surface area contributed by atoms with Crippen LogP contribution in [0.2, 0.25) is 0 Å². The molecule has 0 rings (SSSR count). The van der Waals surface area contributed by atoms with Crippen LogP contribution in [0.15, 0.2) is 0 Å². The zero-order valence-electron chi connectivity index (χ0n) is 17.1. The van der Waals surface area contributed by atoms with E-state index < -0.39 is 23.4 Å². The first kappa shape index (κ1) is 26.5. The second-order valence-corrected chi connectivity index (χ2v) is 10.3. The van der Waals surface area contributed by atoms with Crippen LogP contribution in [0, 0.1) is 0 Å². The molecule has 2 amide bonds. The van der Waals surface area contributed by atoms with E-state index in [1.165, 1.54) is 0 Å². The maximum Gasteiger partial charge on any atom is 0.326 e. The Morgan fingerprint density at radius 1 is 0.964 bits per heavy atom. The number of amides is 2. The van der Waals surface area contributed by atoms with E-state index in [9.17, 15) is 19.2 Å². The summed E-state index contributed by atoms with van der Waals surface area (Å²) in [6.07, 6.45) is 2.93. The maximum absolute atomic E-state index is 11.9. The third-order valence-electron chi connectivity index (χ3n) is 3.27. The fourth-order valence-corrected chi connectivity index (χ4v) is 4.09. The number of ether oxygens (including phenoxy) is 2. The van der Waals surface area contributed by atoms with Gasteiger partial charge in [-0.3, -0.25) is 19.2 Å². The van der Waals surface area contributed by atoms with Gasteiger partial charge in [-0.2, -0.15) is 0 Å². The van der Waals surface area contributed by atoms with Gasteiger partial charge in [0.25, 0.3) is 0 Å². The lowest BCUT2D eigenvalue weighted by atomic mass is 10.1. The van der Waals surface area contributed by atoms with Crippen molar-refractivity contribution in [2.75, 3.05) is 32.5 Å². The minimum Gasteiger partial charge on any atom is -0.461 e. The Bertz CT molecular complexity index is 555. The van der Waals surface area contributed by atoms with Crippen LogP contribution in [0.25, 0.3) is 0 Å². The second kappa shape index (κ2) is 12.9. The molecule has 0 fully saturated rings.